The minimum atomic E-state index is -4.38. The predicted octanol–water partition coefficient (Wildman–Crippen LogP) is 4.36. The summed E-state index contributed by atoms with van der Waals surface area (Å²) in [7, 11) is 0. The molecule has 0 aliphatic rings. The van der Waals surface area contributed by atoms with Crippen LogP contribution in [0.2, 0.25) is 0 Å². The fraction of sp³-hybridized carbons (Fsp3) is 0.188. The van der Waals surface area contributed by atoms with Gasteiger partial charge in [0.15, 0.2) is 0 Å². The van der Waals surface area contributed by atoms with Crippen LogP contribution >= 0.6 is 11.8 Å². The van der Waals surface area contributed by atoms with E-state index >= 15 is 0 Å². The van der Waals surface area contributed by atoms with Crippen LogP contribution in [-0.2, 0) is 12.7 Å². The summed E-state index contributed by atoms with van der Waals surface area (Å²) in [4.78, 5) is 13.0. The molecule has 0 saturated carbocycles. The van der Waals surface area contributed by atoms with Crippen LogP contribution in [0.4, 0.5) is 13.2 Å². The number of rotatable bonds is 4. The number of amides is 1. The Labute approximate surface area is 130 Å². The molecule has 2 nitrogen and oxygen atoms in total. The van der Waals surface area contributed by atoms with Gasteiger partial charge in [0, 0.05) is 17.0 Å². The number of hydrogen-bond acceptors (Lipinski definition) is 2. The fourth-order valence-electron chi connectivity index (χ4n) is 1.88. The van der Waals surface area contributed by atoms with Crippen LogP contribution in [-0.4, -0.2) is 12.2 Å². The number of halogens is 3. The second-order valence-electron chi connectivity index (χ2n) is 4.61. The van der Waals surface area contributed by atoms with Crippen molar-refractivity contribution in [3.05, 3.63) is 65.2 Å². The number of hydrogen-bond donors (Lipinski definition) is 1. The lowest BCUT2D eigenvalue weighted by molar-refractivity contribution is -0.137. The zero-order valence-electron chi connectivity index (χ0n) is 11.8. The maximum Gasteiger partial charge on any atom is 0.416 e. The molecule has 2 rings (SSSR count). The lowest BCUT2D eigenvalue weighted by Gasteiger charge is -2.10. The summed E-state index contributed by atoms with van der Waals surface area (Å²) in [5, 5.41) is 2.62. The fourth-order valence-corrected chi connectivity index (χ4v) is 2.29. The molecule has 0 aliphatic carbocycles. The summed E-state index contributed by atoms with van der Waals surface area (Å²) in [5.74, 6) is -0.315. The van der Waals surface area contributed by atoms with Gasteiger partial charge in [0.25, 0.3) is 5.91 Å². The average molecular weight is 325 g/mol. The number of carbonyl (C=O) groups is 1. The molecule has 0 heterocycles. The minimum absolute atomic E-state index is 0.0486. The summed E-state index contributed by atoms with van der Waals surface area (Å²) in [6.45, 7) is 0.0486. The highest BCUT2D eigenvalue weighted by Crippen LogP contribution is 2.29. The highest BCUT2D eigenvalue weighted by molar-refractivity contribution is 7.98. The SMILES string of the molecule is CSc1ccc(C(=O)NCc2cccc(C(F)(F)F)c2)cc1. The van der Waals surface area contributed by atoms with Crippen molar-refractivity contribution < 1.29 is 18.0 Å². The van der Waals surface area contributed by atoms with E-state index in [-0.39, 0.29) is 12.5 Å². The van der Waals surface area contributed by atoms with Crippen molar-refractivity contribution in [3.63, 3.8) is 0 Å². The van der Waals surface area contributed by atoms with Gasteiger partial charge in [-0.3, -0.25) is 4.79 Å². The number of benzene rings is 2. The molecule has 0 unspecified atom stereocenters. The van der Waals surface area contributed by atoms with Crippen LogP contribution < -0.4 is 5.32 Å². The molecular formula is C16H14F3NOS. The summed E-state index contributed by atoms with van der Waals surface area (Å²) >= 11 is 1.57. The average Bonchev–Trinajstić information content (AvgIpc) is 2.52. The third kappa shape index (κ3) is 4.27. The molecule has 0 bridgehead atoms. The highest BCUT2D eigenvalue weighted by Gasteiger charge is 2.30. The van der Waals surface area contributed by atoms with Crippen LogP contribution in [0.25, 0.3) is 0 Å². The molecule has 0 spiro atoms. The van der Waals surface area contributed by atoms with Gasteiger partial charge in [-0.25, -0.2) is 0 Å². The van der Waals surface area contributed by atoms with Crippen molar-refractivity contribution in [1.82, 2.24) is 5.32 Å². The standard InChI is InChI=1S/C16H14F3NOS/c1-22-14-7-5-12(6-8-14)15(21)20-10-11-3-2-4-13(9-11)16(17,18)19/h2-9H,10H2,1H3,(H,20,21). The molecule has 6 heteroatoms. The smallest absolute Gasteiger partial charge is 0.348 e. The van der Waals surface area contributed by atoms with Crippen molar-refractivity contribution in [2.24, 2.45) is 0 Å². The van der Waals surface area contributed by atoms with Gasteiger partial charge >= 0.3 is 6.18 Å². The van der Waals surface area contributed by atoms with Crippen molar-refractivity contribution in [1.29, 1.82) is 0 Å². The van der Waals surface area contributed by atoms with Gasteiger partial charge in [-0.15, -0.1) is 11.8 Å². The van der Waals surface area contributed by atoms with E-state index in [4.69, 9.17) is 0 Å². The maximum atomic E-state index is 12.6. The zero-order chi connectivity index (χ0) is 16.2. The number of alkyl halides is 3. The molecule has 0 aliphatic heterocycles. The van der Waals surface area contributed by atoms with E-state index in [1.165, 1.54) is 6.07 Å². The predicted molar refractivity (Wildman–Crippen MR) is 80.8 cm³/mol. The van der Waals surface area contributed by atoms with E-state index in [0.29, 0.717) is 11.1 Å². The normalized spacial score (nSPS) is 11.3. The quantitative estimate of drug-likeness (QED) is 0.847. The van der Waals surface area contributed by atoms with E-state index in [1.807, 2.05) is 18.4 Å². The molecule has 0 saturated heterocycles. The molecule has 2 aromatic rings. The van der Waals surface area contributed by atoms with Gasteiger partial charge < -0.3 is 5.32 Å². The summed E-state index contributed by atoms with van der Waals surface area (Å²) < 4.78 is 37.8. The molecule has 1 N–H and O–H groups in total. The second-order valence-corrected chi connectivity index (χ2v) is 5.49. The molecule has 0 atom stereocenters. The first-order chi connectivity index (χ1) is 10.4. The van der Waals surface area contributed by atoms with E-state index in [9.17, 15) is 18.0 Å². The minimum Gasteiger partial charge on any atom is -0.348 e. The molecule has 22 heavy (non-hydrogen) atoms. The Bertz CT molecular complexity index is 653. The van der Waals surface area contributed by atoms with Gasteiger partial charge in [0.05, 0.1) is 5.56 Å². The summed E-state index contributed by atoms with van der Waals surface area (Å²) in [6, 6.07) is 11.9. The number of nitrogens with one attached hydrogen (secondary N) is 1. The largest absolute Gasteiger partial charge is 0.416 e. The Kier molecular flexibility index (Phi) is 5.13. The van der Waals surface area contributed by atoms with Crippen molar-refractivity contribution in [2.45, 2.75) is 17.6 Å². The molecule has 0 radical (unpaired) electrons. The zero-order valence-corrected chi connectivity index (χ0v) is 12.6. The Morgan fingerprint density at radius 1 is 1.14 bits per heavy atom. The lowest BCUT2D eigenvalue weighted by Crippen LogP contribution is -2.22. The van der Waals surface area contributed by atoms with Crippen molar-refractivity contribution in [2.75, 3.05) is 6.26 Å². The van der Waals surface area contributed by atoms with Gasteiger partial charge in [-0.2, -0.15) is 13.2 Å². The van der Waals surface area contributed by atoms with Gasteiger partial charge in [-0.05, 0) is 48.2 Å². The van der Waals surface area contributed by atoms with Crippen molar-refractivity contribution in [3.8, 4) is 0 Å². The van der Waals surface area contributed by atoms with Gasteiger partial charge in [-0.1, -0.05) is 12.1 Å². The number of carbonyl (C=O) groups excluding carboxylic acids is 1. The molecule has 1 amide bonds. The first-order valence-electron chi connectivity index (χ1n) is 6.48. The van der Waals surface area contributed by atoms with Crippen LogP contribution in [0.15, 0.2) is 53.4 Å². The number of thioether (sulfide) groups is 1. The Balaban J connectivity index is 2.01. The highest BCUT2D eigenvalue weighted by atomic mass is 32.2. The Morgan fingerprint density at radius 3 is 2.41 bits per heavy atom. The van der Waals surface area contributed by atoms with E-state index in [1.54, 1.807) is 30.0 Å². The van der Waals surface area contributed by atoms with E-state index in [0.717, 1.165) is 17.0 Å². The second kappa shape index (κ2) is 6.87. The monoisotopic (exact) mass is 325 g/mol. The first-order valence-corrected chi connectivity index (χ1v) is 7.71. The van der Waals surface area contributed by atoms with Crippen molar-refractivity contribution >= 4 is 17.7 Å². The van der Waals surface area contributed by atoms with Gasteiger partial charge in [0.1, 0.15) is 0 Å². The lowest BCUT2D eigenvalue weighted by atomic mass is 10.1. The molecule has 0 aromatic heterocycles. The molecule has 0 fully saturated rings. The first kappa shape index (κ1) is 16.4. The summed E-state index contributed by atoms with van der Waals surface area (Å²) in [5.41, 5.74) is 0.164. The van der Waals surface area contributed by atoms with E-state index < -0.39 is 11.7 Å². The van der Waals surface area contributed by atoms with E-state index in [2.05, 4.69) is 5.32 Å². The maximum absolute atomic E-state index is 12.6. The Hall–Kier alpha value is -1.95. The van der Waals surface area contributed by atoms with Crippen LogP contribution in [0.5, 0.6) is 0 Å². The topological polar surface area (TPSA) is 29.1 Å². The molecular weight excluding hydrogens is 311 g/mol. The molecule has 2 aromatic carbocycles. The summed E-state index contributed by atoms with van der Waals surface area (Å²) in [6.07, 6.45) is -2.45. The van der Waals surface area contributed by atoms with Crippen LogP contribution in [0.1, 0.15) is 21.5 Å². The Morgan fingerprint density at radius 2 is 1.82 bits per heavy atom. The third-order valence-corrected chi connectivity index (χ3v) is 3.80. The van der Waals surface area contributed by atoms with Crippen LogP contribution in [0.3, 0.4) is 0 Å². The van der Waals surface area contributed by atoms with Crippen LogP contribution in [0, 0.1) is 0 Å². The molecule has 116 valence electrons. The van der Waals surface area contributed by atoms with Gasteiger partial charge in [0.2, 0.25) is 0 Å². The third-order valence-electron chi connectivity index (χ3n) is 3.06.